The topological polar surface area (TPSA) is 101 Å². The van der Waals surface area contributed by atoms with Gasteiger partial charge in [-0.15, -0.1) is 12.4 Å². The molecule has 1 aromatic carbocycles. The monoisotopic (exact) mass is 361 g/mol. The van der Waals surface area contributed by atoms with E-state index in [9.17, 15) is 13.2 Å². The molecule has 6 nitrogen and oxygen atoms in total. The zero-order chi connectivity index (χ0) is 16.0. The van der Waals surface area contributed by atoms with Gasteiger partial charge < -0.3 is 11.1 Å². The Morgan fingerprint density at radius 1 is 1.22 bits per heavy atom. The Balaban J connectivity index is 0.00000264. The van der Waals surface area contributed by atoms with Crippen molar-refractivity contribution in [1.29, 1.82) is 0 Å². The van der Waals surface area contributed by atoms with E-state index in [4.69, 9.17) is 5.73 Å². The molecule has 0 unspecified atom stereocenters. The van der Waals surface area contributed by atoms with E-state index < -0.39 is 10.0 Å². The SMILES string of the molecule is Cl.Nc1ccc(CC(=O)NCCS(=O)(=O)NCC2CCC2)cc1. The molecular weight excluding hydrogens is 338 g/mol. The van der Waals surface area contributed by atoms with Gasteiger partial charge in [0.2, 0.25) is 15.9 Å². The van der Waals surface area contributed by atoms with Gasteiger partial charge in [0.1, 0.15) is 0 Å². The molecule has 0 aromatic heterocycles. The van der Waals surface area contributed by atoms with Crippen LogP contribution < -0.4 is 15.8 Å². The summed E-state index contributed by atoms with van der Waals surface area (Å²) in [5.74, 6) is 0.196. The summed E-state index contributed by atoms with van der Waals surface area (Å²) in [5, 5.41) is 2.63. The van der Waals surface area contributed by atoms with Crippen LogP contribution in [0.5, 0.6) is 0 Å². The fourth-order valence-corrected chi connectivity index (χ4v) is 3.23. The van der Waals surface area contributed by atoms with Gasteiger partial charge in [0, 0.05) is 18.8 Å². The van der Waals surface area contributed by atoms with E-state index in [2.05, 4.69) is 10.0 Å². The van der Waals surface area contributed by atoms with Crippen molar-refractivity contribution in [1.82, 2.24) is 10.0 Å². The molecule has 1 aromatic rings. The quantitative estimate of drug-likeness (QED) is 0.603. The van der Waals surface area contributed by atoms with Crippen LogP contribution in [0.15, 0.2) is 24.3 Å². The maximum atomic E-state index is 11.8. The molecule has 0 atom stereocenters. The van der Waals surface area contributed by atoms with Crippen molar-refractivity contribution < 1.29 is 13.2 Å². The third kappa shape index (κ3) is 7.20. The second-order valence-electron chi connectivity index (χ2n) is 5.73. The molecule has 8 heteroatoms. The first-order valence-corrected chi connectivity index (χ1v) is 9.18. The maximum absolute atomic E-state index is 11.8. The molecule has 0 saturated heterocycles. The summed E-state index contributed by atoms with van der Waals surface area (Å²) in [7, 11) is -3.31. The lowest BCUT2D eigenvalue weighted by Gasteiger charge is -2.25. The van der Waals surface area contributed by atoms with E-state index in [1.165, 1.54) is 6.42 Å². The number of hydrogen-bond acceptors (Lipinski definition) is 4. The van der Waals surface area contributed by atoms with Crippen LogP contribution in [0.2, 0.25) is 0 Å². The van der Waals surface area contributed by atoms with Crippen molar-refractivity contribution in [3.63, 3.8) is 0 Å². The predicted molar refractivity (Wildman–Crippen MR) is 93.9 cm³/mol. The smallest absolute Gasteiger partial charge is 0.224 e. The standard InChI is InChI=1S/C15H23N3O3S.ClH/c16-14-6-4-12(5-7-14)10-15(19)17-8-9-22(20,21)18-11-13-2-1-3-13;/h4-7,13,18H,1-3,8-11,16H2,(H,17,19);1H. The van der Waals surface area contributed by atoms with E-state index >= 15 is 0 Å². The average Bonchev–Trinajstić information content (AvgIpc) is 2.39. The van der Waals surface area contributed by atoms with Gasteiger partial charge in [-0.05, 0) is 36.5 Å². The van der Waals surface area contributed by atoms with Crippen LogP contribution in [0.3, 0.4) is 0 Å². The third-order valence-corrected chi connectivity index (χ3v) is 5.20. The van der Waals surface area contributed by atoms with E-state index in [1.54, 1.807) is 24.3 Å². The minimum Gasteiger partial charge on any atom is -0.399 e. The molecule has 1 aliphatic carbocycles. The Kier molecular flexibility index (Phi) is 7.81. The molecule has 4 N–H and O–H groups in total. The largest absolute Gasteiger partial charge is 0.399 e. The van der Waals surface area contributed by atoms with Gasteiger partial charge in [-0.1, -0.05) is 18.6 Å². The number of rotatable bonds is 8. The fourth-order valence-electron chi connectivity index (χ4n) is 2.22. The highest BCUT2D eigenvalue weighted by Crippen LogP contribution is 2.25. The molecule has 1 fully saturated rings. The molecule has 1 amide bonds. The van der Waals surface area contributed by atoms with Crippen molar-refractivity contribution in [3.8, 4) is 0 Å². The molecular formula is C15H24ClN3O3S. The number of benzene rings is 1. The van der Waals surface area contributed by atoms with Crippen molar-refractivity contribution in [2.24, 2.45) is 5.92 Å². The summed E-state index contributed by atoms with van der Waals surface area (Å²) < 4.78 is 26.1. The number of carbonyl (C=O) groups excluding carboxylic acids is 1. The Bertz CT molecular complexity index is 601. The van der Waals surface area contributed by atoms with Crippen LogP contribution >= 0.6 is 12.4 Å². The summed E-state index contributed by atoms with van der Waals surface area (Å²) in [6, 6.07) is 7.03. The third-order valence-electron chi connectivity index (χ3n) is 3.85. The van der Waals surface area contributed by atoms with Gasteiger partial charge in [-0.2, -0.15) is 0 Å². The first kappa shape index (κ1) is 19.7. The highest BCUT2D eigenvalue weighted by Gasteiger charge is 2.20. The summed E-state index contributed by atoms with van der Waals surface area (Å²) in [4.78, 5) is 11.7. The molecule has 0 heterocycles. The van der Waals surface area contributed by atoms with Crippen LogP contribution in [0.4, 0.5) is 5.69 Å². The second-order valence-corrected chi connectivity index (χ2v) is 7.66. The number of carbonyl (C=O) groups is 1. The van der Waals surface area contributed by atoms with Crippen LogP contribution in [0.1, 0.15) is 24.8 Å². The van der Waals surface area contributed by atoms with Gasteiger partial charge in [0.25, 0.3) is 0 Å². The molecule has 23 heavy (non-hydrogen) atoms. The Morgan fingerprint density at radius 3 is 2.43 bits per heavy atom. The molecule has 0 aliphatic heterocycles. The van der Waals surface area contributed by atoms with Crippen molar-refractivity contribution in [2.75, 3.05) is 24.6 Å². The number of sulfonamides is 1. The van der Waals surface area contributed by atoms with Gasteiger partial charge in [-0.25, -0.2) is 13.1 Å². The lowest BCUT2D eigenvalue weighted by molar-refractivity contribution is -0.120. The molecule has 0 spiro atoms. The van der Waals surface area contributed by atoms with E-state index in [0.717, 1.165) is 18.4 Å². The predicted octanol–water partition coefficient (Wildman–Crippen LogP) is 1.07. The molecule has 130 valence electrons. The highest BCUT2D eigenvalue weighted by molar-refractivity contribution is 7.89. The molecule has 2 rings (SSSR count). The van der Waals surface area contributed by atoms with Crippen LogP contribution in [0.25, 0.3) is 0 Å². The van der Waals surface area contributed by atoms with Crippen LogP contribution in [-0.2, 0) is 21.2 Å². The average molecular weight is 362 g/mol. The zero-order valence-corrected chi connectivity index (χ0v) is 14.6. The van der Waals surface area contributed by atoms with E-state index in [1.807, 2.05) is 0 Å². The second kappa shape index (κ2) is 9.10. The van der Waals surface area contributed by atoms with E-state index in [-0.39, 0.29) is 37.0 Å². The number of amides is 1. The number of nitrogens with two attached hydrogens (primary N) is 1. The van der Waals surface area contributed by atoms with Crippen molar-refractivity contribution >= 4 is 34.0 Å². The van der Waals surface area contributed by atoms with Gasteiger partial charge in [-0.3, -0.25) is 4.79 Å². The van der Waals surface area contributed by atoms with Crippen LogP contribution in [-0.4, -0.2) is 33.2 Å². The van der Waals surface area contributed by atoms with Gasteiger partial charge >= 0.3 is 0 Å². The minimum absolute atomic E-state index is 0. The first-order chi connectivity index (χ1) is 10.4. The Labute approximate surface area is 143 Å². The zero-order valence-electron chi connectivity index (χ0n) is 13.0. The number of nitrogens with one attached hydrogen (secondary N) is 2. The maximum Gasteiger partial charge on any atom is 0.224 e. The number of hydrogen-bond donors (Lipinski definition) is 3. The van der Waals surface area contributed by atoms with Crippen molar-refractivity contribution in [3.05, 3.63) is 29.8 Å². The summed E-state index contributed by atoms with van der Waals surface area (Å²) in [6.45, 7) is 0.634. The first-order valence-electron chi connectivity index (χ1n) is 7.53. The molecule has 0 radical (unpaired) electrons. The summed E-state index contributed by atoms with van der Waals surface area (Å²) in [6.07, 6.45) is 3.60. The lowest BCUT2D eigenvalue weighted by atomic mass is 9.86. The molecule has 1 saturated carbocycles. The van der Waals surface area contributed by atoms with Gasteiger partial charge in [0.15, 0.2) is 0 Å². The Hall–Kier alpha value is -1.31. The summed E-state index contributed by atoms with van der Waals surface area (Å²) >= 11 is 0. The number of anilines is 1. The highest BCUT2D eigenvalue weighted by atomic mass is 35.5. The minimum atomic E-state index is -3.31. The fraction of sp³-hybridized carbons (Fsp3) is 0.533. The number of nitrogen functional groups attached to an aromatic ring is 1. The normalized spacial score (nSPS) is 14.6. The lowest BCUT2D eigenvalue weighted by Crippen LogP contribution is -2.38. The number of halogens is 1. The van der Waals surface area contributed by atoms with E-state index in [0.29, 0.717) is 18.2 Å². The molecule has 0 bridgehead atoms. The van der Waals surface area contributed by atoms with Crippen molar-refractivity contribution in [2.45, 2.75) is 25.7 Å². The van der Waals surface area contributed by atoms with Crippen LogP contribution in [0, 0.1) is 5.92 Å². The Morgan fingerprint density at radius 2 is 1.87 bits per heavy atom. The summed E-state index contributed by atoms with van der Waals surface area (Å²) in [5.41, 5.74) is 7.07. The molecule has 1 aliphatic rings. The van der Waals surface area contributed by atoms with Gasteiger partial charge in [0.05, 0.1) is 12.2 Å².